The number of anilines is 1. The van der Waals surface area contributed by atoms with E-state index in [1.165, 1.54) is 0 Å². The van der Waals surface area contributed by atoms with Crippen LogP contribution in [0.25, 0.3) is 11.4 Å². The summed E-state index contributed by atoms with van der Waals surface area (Å²) in [5, 5.41) is 10.1. The maximum absolute atomic E-state index is 13.3. The van der Waals surface area contributed by atoms with Crippen LogP contribution in [0.4, 0.5) is 5.69 Å². The fraction of sp³-hybridized carbons (Fsp3) is 0.333. The van der Waals surface area contributed by atoms with Gasteiger partial charge in [-0.3, -0.25) is 14.5 Å². The molecule has 5 rings (SSSR count). The van der Waals surface area contributed by atoms with Crippen molar-refractivity contribution < 1.29 is 23.6 Å². The Balaban J connectivity index is 1.16. The highest BCUT2D eigenvalue weighted by molar-refractivity contribution is 6.04. The number of aryl methyl sites for hydroxylation is 1. The van der Waals surface area contributed by atoms with E-state index in [1.54, 1.807) is 32.4 Å². The summed E-state index contributed by atoms with van der Waals surface area (Å²) in [4.78, 5) is 33.2. The largest absolute Gasteiger partial charge is 0.493 e. The molecule has 0 bridgehead atoms. The normalized spacial score (nSPS) is 15.1. The summed E-state index contributed by atoms with van der Waals surface area (Å²) in [7, 11) is 3.19. The number of para-hydroxylation sites is 1. The standard InChI is InChI=1S/C33H37N5O5/c1-22-9-4-5-11-25(22)31-36-30(43-37-31)21-38-18-8-10-24(20-38)32(39)35-27-13-7-6-12-26(27)33(40)34-17-16-23-14-15-28(41-2)29(19-23)42-3/h4-7,9,11-15,19,24H,8,10,16-18,20-21H2,1-3H3,(H,34,40)(H,35,39). The third kappa shape index (κ3) is 7.39. The molecule has 4 aromatic rings. The van der Waals surface area contributed by atoms with Crippen LogP contribution in [-0.4, -0.2) is 60.7 Å². The number of carbonyl (C=O) groups excluding carboxylic acids is 2. The van der Waals surface area contributed by atoms with Crippen LogP contribution in [0.1, 0.15) is 40.2 Å². The Morgan fingerprint density at radius 3 is 2.63 bits per heavy atom. The van der Waals surface area contributed by atoms with Crippen LogP contribution < -0.4 is 20.1 Å². The molecule has 1 saturated heterocycles. The van der Waals surface area contributed by atoms with Gasteiger partial charge in [0.05, 0.1) is 37.9 Å². The zero-order chi connectivity index (χ0) is 30.2. The molecule has 0 aliphatic carbocycles. The van der Waals surface area contributed by atoms with Crippen LogP contribution in [0.3, 0.4) is 0 Å². The Morgan fingerprint density at radius 1 is 1.02 bits per heavy atom. The minimum absolute atomic E-state index is 0.110. The van der Waals surface area contributed by atoms with Gasteiger partial charge in [0.25, 0.3) is 5.91 Å². The predicted molar refractivity (Wildman–Crippen MR) is 163 cm³/mol. The maximum atomic E-state index is 13.3. The second-order valence-corrected chi connectivity index (χ2v) is 10.6. The lowest BCUT2D eigenvalue weighted by Gasteiger charge is -2.31. The first kappa shape index (κ1) is 29.8. The summed E-state index contributed by atoms with van der Waals surface area (Å²) in [6.45, 7) is 4.32. The SMILES string of the molecule is COc1ccc(CCNC(=O)c2ccccc2NC(=O)C2CCCN(Cc3nc(-c4ccccc4C)no3)C2)cc1OC. The molecule has 224 valence electrons. The average Bonchev–Trinajstić information content (AvgIpc) is 3.49. The van der Waals surface area contributed by atoms with Crippen molar-refractivity contribution in [2.24, 2.45) is 5.92 Å². The number of methoxy groups -OCH3 is 2. The van der Waals surface area contributed by atoms with Crippen LogP contribution >= 0.6 is 0 Å². The van der Waals surface area contributed by atoms with Gasteiger partial charge in [-0.25, -0.2) is 0 Å². The van der Waals surface area contributed by atoms with E-state index in [9.17, 15) is 9.59 Å². The first-order valence-corrected chi connectivity index (χ1v) is 14.4. The number of carbonyl (C=O) groups is 2. The Morgan fingerprint density at radius 2 is 1.81 bits per heavy atom. The van der Waals surface area contributed by atoms with Crippen molar-refractivity contribution >= 4 is 17.5 Å². The monoisotopic (exact) mass is 583 g/mol. The van der Waals surface area contributed by atoms with Crippen molar-refractivity contribution in [1.82, 2.24) is 20.4 Å². The quantitative estimate of drug-likeness (QED) is 0.256. The number of benzene rings is 3. The fourth-order valence-corrected chi connectivity index (χ4v) is 5.33. The van der Waals surface area contributed by atoms with Crippen molar-refractivity contribution in [3.63, 3.8) is 0 Å². The highest BCUT2D eigenvalue weighted by Gasteiger charge is 2.28. The molecule has 0 saturated carbocycles. The summed E-state index contributed by atoms with van der Waals surface area (Å²) in [5.41, 5.74) is 3.94. The van der Waals surface area contributed by atoms with Crippen LogP contribution in [0.2, 0.25) is 0 Å². The number of rotatable bonds is 11. The van der Waals surface area contributed by atoms with Gasteiger partial charge in [-0.05, 0) is 68.1 Å². The molecule has 1 fully saturated rings. The van der Waals surface area contributed by atoms with Gasteiger partial charge >= 0.3 is 0 Å². The topological polar surface area (TPSA) is 119 Å². The van der Waals surface area contributed by atoms with Crippen LogP contribution in [0, 0.1) is 12.8 Å². The second-order valence-electron chi connectivity index (χ2n) is 10.6. The molecule has 3 aromatic carbocycles. The molecule has 1 unspecified atom stereocenters. The van der Waals surface area contributed by atoms with E-state index in [-0.39, 0.29) is 17.7 Å². The molecule has 0 spiro atoms. The Hall–Kier alpha value is -4.70. The molecule has 43 heavy (non-hydrogen) atoms. The molecule has 1 aliphatic heterocycles. The minimum Gasteiger partial charge on any atom is -0.493 e. The van der Waals surface area contributed by atoms with E-state index in [0.29, 0.717) is 60.5 Å². The summed E-state index contributed by atoms with van der Waals surface area (Å²) < 4.78 is 16.2. The van der Waals surface area contributed by atoms with Crippen LogP contribution in [0.15, 0.2) is 71.3 Å². The molecule has 10 heteroatoms. The molecular weight excluding hydrogens is 546 g/mol. The third-order valence-corrected chi connectivity index (χ3v) is 7.67. The zero-order valence-electron chi connectivity index (χ0n) is 24.8. The minimum atomic E-state index is -0.248. The van der Waals surface area contributed by atoms with E-state index >= 15 is 0 Å². The van der Waals surface area contributed by atoms with Gasteiger partial charge in [-0.2, -0.15) is 4.98 Å². The van der Waals surface area contributed by atoms with Crippen molar-refractivity contribution in [2.45, 2.75) is 32.7 Å². The number of aromatic nitrogens is 2. The smallest absolute Gasteiger partial charge is 0.253 e. The molecule has 2 N–H and O–H groups in total. The molecule has 1 aliphatic rings. The Kier molecular flexibility index (Phi) is 9.68. The van der Waals surface area contributed by atoms with E-state index in [4.69, 9.17) is 14.0 Å². The van der Waals surface area contributed by atoms with E-state index in [2.05, 4.69) is 25.7 Å². The van der Waals surface area contributed by atoms with Crippen molar-refractivity contribution in [2.75, 3.05) is 39.2 Å². The lowest BCUT2D eigenvalue weighted by molar-refractivity contribution is -0.121. The summed E-state index contributed by atoms with van der Waals surface area (Å²) in [6, 6.07) is 20.7. The average molecular weight is 584 g/mol. The first-order chi connectivity index (χ1) is 20.9. The maximum Gasteiger partial charge on any atom is 0.253 e. The lowest BCUT2D eigenvalue weighted by Crippen LogP contribution is -2.40. The van der Waals surface area contributed by atoms with Crippen LogP contribution in [-0.2, 0) is 17.8 Å². The molecule has 1 aromatic heterocycles. The number of nitrogens with zero attached hydrogens (tertiary/aromatic N) is 3. The molecule has 2 amide bonds. The van der Waals surface area contributed by atoms with Crippen molar-refractivity contribution in [3.05, 3.63) is 89.3 Å². The molecular formula is C33H37N5O5. The first-order valence-electron chi connectivity index (χ1n) is 14.4. The molecule has 10 nitrogen and oxygen atoms in total. The van der Waals surface area contributed by atoms with Crippen LogP contribution in [0.5, 0.6) is 11.5 Å². The summed E-state index contributed by atoms with van der Waals surface area (Å²) >= 11 is 0. The van der Waals surface area contributed by atoms with Crippen molar-refractivity contribution in [1.29, 1.82) is 0 Å². The number of amides is 2. The molecule has 0 radical (unpaired) electrons. The fourth-order valence-electron chi connectivity index (χ4n) is 5.33. The number of hydrogen-bond donors (Lipinski definition) is 2. The lowest BCUT2D eigenvalue weighted by atomic mass is 9.96. The van der Waals surface area contributed by atoms with Gasteiger partial charge in [0.15, 0.2) is 11.5 Å². The summed E-state index contributed by atoms with van der Waals surface area (Å²) in [6.07, 6.45) is 2.25. The van der Waals surface area contributed by atoms with Gasteiger partial charge < -0.3 is 24.6 Å². The number of piperidine rings is 1. The number of ether oxygens (including phenoxy) is 2. The van der Waals surface area contributed by atoms with Gasteiger partial charge in [-0.15, -0.1) is 0 Å². The van der Waals surface area contributed by atoms with E-state index in [1.807, 2.05) is 55.5 Å². The van der Waals surface area contributed by atoms with Gasteiger partial charge in [0.1, 0.15) is 0 Å². The molecule has 1 atom stereocenters. The van der Waals surface area contributed by atoms with E-state index in [0.717, 1.165) is 36.1 Å². The molecule has 2 heterocycles. The van der Waals surface area contributed by atoms with Gasteiger partial charge in [-0.1, -0.05) is 47.6 Å². The Bertz CT molecular complexity index is 1570. The predicted octanol–water partition coefficient (Wildman–Crippen LogP) is 4.89. The third-order valence-electron chi connectivity index (χ3n) is 7.67. The van der Waals surface area contributed by atoms with E-state index < -0.39 is 0 Å². The van der Waals surface area contributed by atoms with Crippen molar-refractivity contribution in [3.8, 4) is 22.9 Å². The number of nitrogens with one attached hydrogen (secondary N) is 2. The van der Waals surface area contributed by atoms with Gasteiger partial charge in [0, 0.05) is 18.7 Å². The highest BCUT2D eigenvalue weighted by Crippen LogP contribution is 2.28. The second kappa shape index (κ2) is 14.0. The highest BCUT2D eigenvalue weighted by atomic mass is 16.5. The zero-order valence-corrected chi connectivity index (χ0v) is 24.8. The number of hydrogen-bond acceptors (Lipinski definition) is 8. The van der Waals surface area contributed by atoms with Gasteiger partial charge in [0.2, 0.25) is 17.6 Å². The summed E-state index contributed by atoms with van der Waals surface area (Å²) in [5.74, 6) is 1.80. The Labute approximate surface area is 251 Å². The number of likely N-dealkylation sites (tertiary alicyclic amines) is 1.